The van der Waals surface area contributed by atoms with Gasteiger partial charge in [-0.25, -0.2) is 4.39 Å². The van der Waals surface area contributed by atoms with Gasteiger partial charge in [-0.1, -0.05) is 0 Å². The molecular formula is C8H13FIN. The average Bonchev–Trinajstić information content (AvgIpc) is 2.60. The van der Waals surface area contributed by atoms with E-state index in [0.717, 1.165) is 25.8 Å². The smallest absolute Gasteiger partial charge is 0.179 e. The summed E-state index contributed by atoms with van der Waals surface area (Å²) < 4.78 is 13.0. The van der Waals surface area contributed by atoms with Gasteiger partial charge in [0.05, 0.1) is 0 Å². The van der Waals surface area contributed by atoms with Crippen molar-refractivity contribution in [1.82, 2.24) is 4.90 Å². The normalized spacial score (nSPS) is 42.8. The number of hydrogen-bond acceptors (Lipinski definition) is 1. The van der Waals surface area contributed by atoms with E-state index in [2.05, 4.69) is 4.90 Å². The molecule has 1 saturated heterocycles. The summed E-state index contributed by atoms with van der Waals surface area (Å²) in [5.41, 5.74) is 0.0834. The highest BCUT2D eigenvalue weighted by Crippen LogP contribution is 2.62. The quantitative estimate of drug-likeness (QED) is 0.481. The fourth-order valence-electron chi connectivity index (χ4n) is 1.94. The molecule has 1 spiro atoms. The Hall–Kier alpha value is 0.620. The van der Waals surface area contributed by atoms with Gasteiger partial charge in [-0.15, -0.1) is 0 Å². The lowest BCUT2D eigenvalue weighted by atomic mass is 9.92. The lowest BCUT2D eigenvalue weighted by molar-refractivity contribution is 0.0733. The first-order chi connectivity index (χ1) is 5.06. The molecule has 1 nitrogen and oxygen atoms in total. The summed E-state index contributed by atoms with van der Waals surface area (Å²) in [5.74, 6) is 0. The van der Waals surface area contributed by atoms with Crippen LogP contribution >= 0.6 is 22.6 Å². The van der Waals surface area contributed by atoms with Gasteiger partial charge in [-0.3, -0.25) is 0 Å². The third-order valence-corrected chi connectivity index (χ3v) is 4.56. The van der Waals surface area contributed by atoms with Crippen molar-refractivity contribution in [3.63, 3.8) is 0 Å². The molecule has 3 heteroatoms. The van der Waals surface area contributed by atoms with E-state index in [0.29, 0.717) is 6.54 Å². The van der Waals surface area contributed by atoms with Crippen molar-refractivity contribution >= 4 is 22.6 Å². The van der Waals surface area contributed by atoms with E-state index in [4.69, 9.17) is 0 Å². The van der Waals surface area contributed by atoms with Crippen LogP contribution in [-0.2, 0) is 0 Å². The first-order valence-electron chi connectivity index (χ1n) is 4.12. The molecule has 1 saturated carbocycles. The third kappa shape index (κ3) is 1.20. The van der Waals surface area contributed by atoms with Gasteiger partial charge < -0.3 is 4.90 Å². The number of likely N-dealkylation sites (tertiary alicyclic amines) is 1. The zero-order valence-corrected chi connectivity index (χ0v) is 8.90. The summed E-state index contributed by atoms with van der Waals surface area (Å²) in [6, 6.07) is 0. The molecule has 1 aliphatic carbocycles. The fraction of sp³-hybridized carbons (Fsp3) is 1.00. The van der Waals surface area contributed by atoms with Crippen LogP contribution in [0.4, 0.5) is 4.39 Å². The highest BCUT2D eigenvalue weighted by atomic mass is 127. The van der Waals surface area contributed by atoms with Gasteiger partial charge in [0.1, 0.15) is 0 Å². The number of hydrogen-bond donors (Lipinski definition) is 0. The highest BCUT2D eigenvalue weighted by molar-refractivity contribution is 14.1. The van der Waals surface area contributed by atoms with E-state index >= 15 is 0 Å². The molecular weight excluding hydrogens is 256 g/mol. The number of halogens is 2. The monoisotopic (exact) mass is 269 g/mol. The summed E-state index contributed by atoms with van der Waals surface area (Å²) in [7, 11) is 2.00. The zero-order chi connectivity index (χ0) is 8.11. The molecule has 0 aromatic carbocycles. The number of nitrogens with zero attached hydrogens (tertiary/aromatic N) is 1. The molecule has 0 amide bonds. The third-order valence-electron chi connectivity index (χ3n) is 3.07. The van der Waals surface area contributed by atoms with Crippen molar-refractivity contribution in [3.05, 3.63) is 0 Å². The van der Waals surface area contributed by atoms with Crippen LogP contribution in [0.5, 0.6) is 0 Å². The number of alkyl halides is 2. The van der Waals surface area contributed by atoms with Crippen molar-refractivity contribution in [2.75, 3.05) is 20.1 Å². The van der Waals surface area contributed by atoms with E-state index in [9.17, 15) is 4.39 Å². The highest BCUT2D eigenvalue weighted by Gasteiger charge is 2.60. The second kappa shape index (κ2) is 2.31. The molecule has 0 bridgehead atoms. The maximum absolute atomic E-state index is 13.9. The van der Waals surface area contributed by atoms with Crippen LogP contribution in [0.1, 0.15) is 19.3 Å². The summed E-state index contributed by atoms with van der Waals surface area (Å²) in [6.45, 7) is 1.70. The molecule has 1 unspecified atom stereocenters. The Kier molecular flexibility index (Phi) is 1.73. The van der Waals surface area contributed by atoms with Crippen molar-refractivity contribution in [1.29, 1.82) is 0 Å². The van der Waals surface area contributed by atoms with E-state index in [1.54, 1.807) is 0 Å². The average molecular weight is 269 g/mol. The van der Waals surface area contributed by atoms with Gasteiger partial charge in [-0.2, -0.15) is 0 Å². The lowest BCUT2D eigenvalue weighted by Crippen LogP contribution is -2.46. The Labute approximate surface area is 80.5 Å². The summed E-state index contributed by atoms with van der Waals surface area (Å²) in [4.78, 5) is 2.09. The Morgan fingerprint density at radius 3 is 2.45 bits per heavy atom. The standard InChI is InChI=1S/C8H13FIN/c1-11-5-4-7(2-3-7)8(9,10)6-11/h2-6H2,1H3. The molecule has 1 aliphatic heterocycles. The summed E-state index contributed by atoms with van der Waals surface area (Å²) in [5, 5.41) is 0. The maximum Gasteiger partial charge on any atom is 0.179 e. The molecule has 1 atom stereocenters. The molecule has 11 heavy (non-hydrogen) atoms. The zero-order valence-electron chi connectivity index (χ0n) is 6.74. The van der Waals surface area contributed by atoms with Crippen LogP contribution in [0.25, 0.3) is 0 Å². The van der Waals surface area contributed by atoms with Gasteiger partial charge in [0.25, 0.3) is 0 Å². The predicted molar refractivity (Wildman–Crippen MR) is 51.6 cm³/mol. The SMILES string of the molecule is CN1CCC2(CC2)C(F)(I)C1. The van der Waals surface area contributed by atoms with Gasteiger partial charge >= 0.3 is 0 Å². The second-order valence-corrected chi connectivity index (χ2v) is 5.68. The van der Waals surface area contributed by atoms with Gasteiger partial charge in [0.2, 0.25) is 0 Å². The summed E-state index contributed by atoms with van der Waals surface area (Å²) in [6.07, 6.45) is 3.28. The lowest BCUT2D eigenvalue weighted by Gasteiger charge is -2.38. The number of rotatable bonds is 0. The molecule has 2 fully saturated rings. The van der Waals surface area contributed by atoms with Crippen LogP contribution < -0.4 is 0 Å². The van der Waals surface area contributed by atoms with Gasteiger partial charge in [0, 0.05) is 12.0 Å². The van der Waals surface area contributed by atoms with Gasteiger partial charge in [0.15, 0.2) is 3.68 Å². The number of piperidine rings is 1. The largest absolute Gasteiger partial charge is 0.302 e. The Morgan fingerprint density at radius 2 is 2.00 bits per heavy atom. The van der Waals surface area contributed by atoms with Crippen molar-refractivity contribution in [2.45, 2.75) is 22.9 Å². The topological polar surface area (TPSA) is 3.24 Å². The van der Waals surface area contributed by atoms with Crippen LogP contribution in [0, 0.1) is 5.41 Å². The summed E-state index contributed by atoms with van der Waals surface area (Å²) >= 11 is 2.00. The Morgan fingerprint density at radius 1 is 1.36 bits per heavy atom. The molecule has 2 aliphatic rings. The molecule has 0 N–H and O–H groups in total. The van der Waals surface area contributed by atoms with Crippen LogP contribution in [0.3, 0.4) is 0 Å². The molecule has 64 valence electrons. The van der Waals surface area contributed by atoms with Crippen molar-refractivity contribution in [2.24, 2.45) is 5.41 Å². The van der Waals surface area contributed by atoms with Crippen molar-refractivity contribution in [3.8, 4) is 0 Å². The van der Waals surface area contributed by atoms with E-state index < -0.39 is 3.68 Å². The molecule has 1 heterocycles. The minimum atomic E-state index is -0.947. The van der Waals surface area contributed by atoms with E-state index in [1.165, 1.54) is 0 Å². The molecule has 0 aromatic rings. The molecule has 0 radical (unpaired) electrons. The van der Waals surface area contributed by atoms with Crippen LogP contribution in [0.15, 0.2) is 0 Å². The first-order valence-corrected chi connectivity index (χ1v) is 5.20. The minimum Gasteiger partial charge on any atom is -0.302 e. The fourth-order valence-corrected chi connectivity index (χ4v) is 3.33. The first kappa shape index (κ1) is 8.23. The maximum atomic E-state index is 13.9. The molecule has 2 rings (SSSR count). The van der Waals surface area contributed by atoms with Crippen LogP contribution in [0.2, 0.25) is 0 Å². The van der Waals surface area contributed by atoms with Crippen molar-refractivity contribution < 1.29 is 4.39 Å². The Balaban J connectivity index is 2.14. The van der Waals surface area contributed by atoms with E-state index in [-0.39, 0.29) is 5.41 Å². The Bertz CT molecular complexity index is 177. The second-order valence-electron chi connectivity index (χ2n) is 3.97. The van der Waals surface area contributed by atoms with Gasteiger partial charge in [-0.05, 0) is 55.4 Å². The predicted octanol–water partition coefficient (Wildman–Crippen LogP) is 2.20. The van der Waals surface area contributed by atoms with Crippen LogP contribution in [-0.4, -0.2) is 28.7 Å². The van der Waals surface area contributed by atoms with E-state index in [1.807, 2.05) is 29.6 Å². The molecule has 0 aromatic heterocycles. The minimum absolute atomic E-state index is 0.0834.